The van der Waals surface area contributed by atoms with Crippen molar-refractivity contribution in [3.8, 4) is 0 Å². The number of hydrogen-bond donors (Lipinski definition) is 1. The first-order valence-corrected chi connectivity index (χ1v) is 11.1. The van der Waals surface area contributed by atoms with Gasteiger partial charge >= 0.3 is 0 Å². The van der Waals surface area contributed by atoms with Crippen molar-refractivity contribution in [2.24, 2.45) is 5.92 Å². The number of carbonyl (C=O) groups is 1. The molecule has 25 heavy (non-hydrogen) atoms. The van der Waals surface area contributed by atoms with Crippen LogP contribution in [0.5, 0.6) is 0 Å². The Morgan fingerprint density at radius 2 is 1.68 bits per heavy atom. The molecule has 0 radical (unpaired) electrons. The van der Waals surface area contributed by atoms with E-state index in [4.69, 9.17) is 0 Å². The van der Waals surface area contributed by atoms with E-state index >= 15 is 0 Å². The summed E-state index contributed by atoms with van der Waals surface area (Å²) in [7, 11) is -4.08. The van der Waals surface area contributed by atoms with Gasteiger partial charge in [0.1, 0.15) is 4.90 Å². The molecule has 1 aliphatic rings. The molecule has 1 heterocycles. The highest BCUT2D eigenvalue weighted by Crippen LogP contribution is 2.26. The predicted molar refractivity (Wildman–Crippen MR) is 95.1 cm³/mol. The second-order valence-corrected chi connectivity index (χ2v) is 10.3. The molecule has 1 fully saturated rings. The summed E-state index contributed by atoms with van der Waals surface area (Å²) in [6.45, 7) is 0.573. The van der Waals surface area contributed by atoms with Crippen LogP contribution in [0.1, 0.15) is 12.8 Å². The van der Waals surface area contributed by atoms with Crippen LogP contribution in [0.4, 0.5) is 5.69 Å². The van der Waals surface area contributed by atoms with Crippen molar-refractivity contribution in [2.75, 3.05) is 38.8 Å². The molecule has 2 rings (SSSR count). The van der Waals surface area contributed by atoms with Gasteiger partial charge in [-0.3, -0.25) is 4.79 Å². The minimum atomic E-state index is -3.68. The topological polar surface area (TPSA) is 104 Å². The van der Waals surface area contributed by atoms with Gasteiger partial charge in [0, 0.05) is 33.1 Å². The number of nitrogens with zero attached hydrogens (tertiary/aromatic N) is 2. The number of benzene rings is 1. The minimum Gasteiger partial charge on any atom is -0.325 e. The van der Waals surface area contributed by atoms with E-state index in [0.29, 0.717) is 12.8 Å². The zero-order chi connectivity index (χ0) is 18.8. The van der Waals surface area contributed by atoms with Gasteiger partial charge < -0.3 is 5.32 Å². The number of piperidine rings is 1. The van der Waals surface area contributed by atoms with E-state index in [2.05, 4.69) is 5.32 Å². The van der Waals surface area contributed by atoms with Crippen LogP contribution in [-0.2, 0) is 24.8 Å². The Labute approximate surface area is 148 Å². The fourth-order valence-corrected chi connectivity index (χ4v) is 4.59. The lowest BCUT2D eigenvalue weighted by Crippen LogP contribution is -2.41. The van der Waals surface area contributed by atoms with Crippen molar-refractivity contribution < 1.29 is 21.6 Å². The highest BCUT2D eigenvalue weighted by atomic mass is 32.2. The van der Waals surface area contributed by atoms with E-state index < -0.39 is 20.0 Å². The number of anilines is 1. The van der Waals surface area contributed by atoms with Gasteiger partial charge in [0.2, 0.25) is 26.0 Å². The first-order chi connectivity index (χ1) is 11.5. The molecule has 0 unspecified atom stereocenters. The van der Waals surface area contributed by atoms with Crippen molar-refractivity contribution in [3.63, 3.8) is 0 Å². The number of hydrogen-bond acceptors (Lipinski definition) is 5. The van der Waals surface area contributed by atoms with Crippen LogP contribution in [0, 0.1) is 5.92 Å². The molecule has 1 aromatic rings. The average Bonchev–Trinajstić information content (AvgIpc) is 2.54. The molecule has 0 aliphatic carbocycles. The maximum atomic E-state index is 12.5. The third kappa shape index (κ3) is 4.57. The van der Waals surface area contributed by atoms with E-state index in [1.54, 1.807) is 18.2 Å². The lowest BCUT2D eigenvalue weighted by Gasteiger charge is -2.29. The molecule has 140 valence electrons. The van der Waals surface area contributed by atoms with Gasteiger partial charge in [-0.1, -0.05) is 12.1 Å². The van der Waals surface area contributed by atoms with Crippen LogP contribution in [0.15, 0.2) is 29.2 Å². The second-order valence-electron chi connectivity index (χ2n) is 6.21. The molecule has 0 atom stereocenters. The Hall–Kier alpha value is -1.49. The molecular formula is C15H23N3O5S2. The average molecular weight is 389 g/mol. The smallest absolute Gasteiger partial charge is 0.244 e. The molecule has 10 heteroatoms. The zero-order valence-electron chi connectivity index (χ0n) is 14.5. The van der Waals surface area contributed by atoms with E-state index in [0.717, 1.165) is 10.6 Å². The highest BCUT2D eigenvalue weighted by molar-refractivity contribution is 7.89. The van der Waals surface area contributed by atoms with Gasteiger partial charge in [-0.15, -0.1) is 0 Å². The summed E-state index contributed by atoms with van der Waals surface area (Å²) in [6, 6.07) is 6.23. The van der Waals surface area contributed by atoms with Crippen LogP contribution < -0.4 is 5.32 Å². The van der Waals surface area contributed by atoms with E-state index in [1.807, 2.05) is 0 Å². The summed E-state index contributed by atoms with van der Waals surface area (Å²) in [5.74, 6) is -0.650. The molecule has 0 bridgehead atoms. The largest absolute Gasteiger partial charge is 0.325 e. The van der Waals surface area contributed by atoms with Crippen molar-refractivity contribution >= 4 is 31.6 Å². The number of carbonyl (C=O) groups excluding carboxylic acids is 1. The monoisotopic (exact) mass is 389 g/mol. The van der Waals surface area contributed by atoms with E-state index in [-0.39, 0.29) is 35.5 Å². The molecule has 0 spiro atoms. The summed E-state index contributed by atoms with van der Waals surface area (Å²) in [4.78, 5) is 12.5. The van der Waals surface area contributed by atoms with Crippen molar-refractivity contribution in [3.05, 3.63) is 24.3 Å². The Morgan fingerprint density at radius 3 is 2.20 bits per heavy atom. The van der Waals surface area contributed by atoms with E-state index in [1.165, 1.54) is 24.5 Å². The van der Waals surface area contributed by atoms with Crippen molar-refractivity contribution in [1.29, 1.82) is 0 Å². The third-order valence-corrected chi connectivity index (χ3v) is 7.37. The summed E-state index contributed by atoms with van der Waals surface area (Å²) < 4.78 is 50.2. The lowest BCUT2D eigenvalue weighted by atomic mass is 9.97. The van der Waals surface area contributed by atoms with Gasteiger partial charge in [-0.25, -0.2) is 25.4 Å². The molecule has 1 amide bonds. The summed E-state index contributed by atoms with van der Waals surface area (Å²) >= 11 is 0. The van der Waals surface area contributed by atoms with Gasteiger partial charge in [0.05, 0.1) is 11.9 Å². The first kappa shape index (κ1) is 19.8. The molecule has 1 aromatic carbocycles. The van der Waals surface area contributed by atoms with Gasteiger partial charge in [0.15, 0.2) is 0 Å². The normalized spacial score (nSPS) is 17.6. The molecule has 1 saturated heterocycles. The van der Waals surface area contributed by atoms with Gasteiger partial charge in [-0.2, -0.15) is 0 Å². The number of rotatable bonds is 5. The predicted octanol–water partition coefficient (Wildman–Crippen LogP) is 0.547. The van der Waals surface area contributed by atoms with Crippen molar-refractivity contribution in [2.45, 2.75) is 17.7 Å². The third-order valence-electron chi connectivity index (χ3n) is 4.20. The van der Waals surface area contributed by atoms with Gasteiger partial charge in [-0.05, 0) is 25.0 Å². The Morgan fingerprint density at radius 1 is 1.12 bits per heavy atom. The number of sulfonamides is 2. The van der Waals surface area contributed by atoms with Gasteiger partial charge in [0.25, 0.3) is 0 Å². The SMILES string of the molecule is CN(C)S(=O)(=O)c1ccccc1NC(=O)C1CCN(S(C)(=O)=O)CC1. The van der Waals surface area contributed by atoms with Crippen LogP contribution in [-0.4, -0.2) is 64.8 Å². The minimum absolute atomic E-state index is 0.0296. The Kier molecular flexibility index (Phi) is 5.87. The fourth-order valence-electron chi connectivity index (χ4n) is 2.68. The lowest BCUT2D eigenvalue weighted by molar-refractivity contribution is -0.120. The Bertz CT molecular complexity index is 842. The highest BCUT2D eigenvalue weighted by Gasteiger charge is 2.30. The molecule has 0 aromatic heterocycles. The number of amides is 1. The Balaban J connectivity index is 2.13. The first-order valence-electron chi connectivity index (χ1n) is 7.81. The zero-order valence-corrected chi connectivity index (χ0v) is 16.1. The number of para-hydroxylation sites is 1. The standard InChI is InChI=1S/C15H23N3O5S2/c1-17(2)25(22,23)14-7-5-4-6-13(14)16-15(19)12-8-10-18(11-9-12)24(3,20)21/h4-7,12H,8-11H2,1-3H3,(H,16,19). The quantitative estimate of drug-likeness (QED) is 0.792. The molecule has 1 N–H and O–H groups in total. The van der Waals surface area contributed by atoms with Crippen LogP contribution >= 0.6 is 0 Å². The maximum Gasteiger partial charge on any atom is 0.244 e. The molecule has 0 saturated carbocycles. The summed E-state index contributed by atoms with van der Waals surface area (Å²) in [5.41, 5.74) is 0.228. The summed E-state index contributed by atoms with van der Waals surface area (Å²) in [6.07, 6.45) is 1.96. The fraction of sp³-hybridized carbons (Fsp3) is 0.533. The number of nitrogens with one attached hydrogen (secondary N) is 1. The maximum absolute atomic E-state index is 12.5. The van der Waals surface area contributed by atoms with Crippen molar-refractivity contribution in [1.82, 2.24) is 8.61 Å². The molecular weight excluding hydrogens is 366 g/mol. The van der Waals surface area contributed by atoms with E-state index in [9.17, 15) is 21.6 Å². The second kappa shape index (κ2) is 7.40. The molecule has 8 nitrogen and oxygen atoms in total. The van der Waals surface area contributed by atoms with Crippen LogP contribution in [0.25, 0.3) is 0 Å². The summed E-state index contributed by atoms with van der Waals surface area (Å²) in [5, 5.41) is 2.68. The molecule has 1 aliphatic heterocycles. The van der Waals surface area contributed by atoms with Crippen LogP contribution in [0.3, 0.4) is 0 Å². The van der Waals surface area contributed by atoms with Crippen LogP contribution in [0.2, 0.25) is 0 Å².